The maximum Gasteiger partial charge on any atom is 0.146 e. The fourth-order valence-electron chi connectivity index (χ4n) is 1.26. The van der Waals surface area contributed by atoms with Crippen LogP contribution in [0.15, 0.2) is 38.6 Å². The van der Waals surface area contributed by atoms with Gasteiger partial charge in [0.2, 0.25) is 0 Å². The van der Waals surface area contributed by atoms with E-state index in [1.54, 1.807) is 23.5 Å². The van der Waals surface area contributed by atoms with Gasteiger partial charge in [-0.2, -0.15) is 0 Å². The quantitative estimate of drug-likeness (QED) is 0.805. The molecule has 84 valence electrons. The first-order valence-corrected chi connectivity index (χ1v) is 7.03. The van der Waals surface area contributed by atoms with Crippen molar-refractivity contribution < 1.29 is 4.39 Å². The number of rotatable bonds is 3. The van der Waals surface area contributed by atoms with Crippen LogP contribution in [0.4, 0.5) is 10.1 Å². The Hall–Kier alpha value is -0.390. The average Bonchev–Trinajstić information content (AvgIpc) is 2.66. The fourth-order valence-corrected chi connectivity index (χ4v) is 3.01. The van der Waals surface area contributed by atoms with Gasteiger partial charge < -0.3 is 5.32 Å². The fraction of sp³-hybridized carbons (Fsp3) is 0.0909. The van der Waals surface area contributed by atoms with Gasteiger partial charge in [0.1, 0.15) is 5.82 Å². The summed E-state index contributed by atoms with van der Waals surface area (Å²) in [4.78, 5) is 1.16. The van der Waals surface area contributed by atoms with Crippen molar-refractivity contribution >= 4 is 48.9 Å². The summed E-state index contributed by atoms with van der Waals surface area (Å²) in [5.41, 5.74) is 0.513. The Bertz CT molecular complexity index is 498. The van der Waals surface area contributed by atoms with E-state index in [1.165, 1.54) is 6.07 Å². The first kappa shape index (κ1) is 12.1. The number of nitrogens with one attached hydrogen (secondary N) is 1. The maximum atomic E-state index is 13.4. The van der Waals surface area contributed by atoms with Gasteiger partial charge in [0.15, 0.2) is 0 Å². The SMILES string of the molecule is Fc1ccc(Br)cc1NCc1cc(Br)cs1. The molecule has 2 rings (SSSR count). The van der Waals surface area contributed by atoms with Crippen molar-refractivity contribution in [2.45, 2.75) is 6.54 Å². The van der Waals surface area contributed by atoms with Crippen molar-refractivity contribution in [1.29, 1.82) is 0 Å². The highest BCUT2D eigenvalue weighted by molar-refractivity contribution is 9.10. The molecule has 0 amide bonds. The zero-order valence-corrected chi connectivity index (χ0v) is 12.1. The number of hydrogen-bond acceptors (Lipinski definition) is 2. The molecule has 0 unspecified atom stereocenters. The Balaban J connectivity index is 2.07. The van der Waals surface area contributed by atoms with E-state index in [2.05, 4.69) is 37.2 Å². The van der Waals surface area contributed by atoms with Crippen LogP contribution in [0.2, 0.25) is 0 Å². The van der Waals surface area contributed by atoms with Crippen molar-refractivity contribution in [2.24, 2.45) is 0 Å². The lowest BCUT2D eigenvalue weighted by molar-refractivity contribution is 0.630. The molecule has 0 fully saturated rings. The Morgan fingerprint density at radius 3 is 2.69 bits per heavy atom. The molecule has 1 aromatic heterocycles. The lowest BCUT2D eigenvalue weighted by Gasteiger charge is -2.06. The highest BCUT2D eigenvalue weighted by atomic mass is 79.9. The van der Waals surface area contributed by atoms with E-state index in [-0.39, 0.29) is 5.82 Å². The van der Waals surface area contributed by atoms with Gasteiger partial charge in [-0.05, 0) is 40.2 Å². The van der Waals surface area contributed by atoms with Crippen molar-refractivity contribution in [3.63, 3.8) is 0 Å². The standard InChI is InChI=1S/C11H8Br2FNS/c12-7-1-2-10(14)11(4-7)15-5-9-3-8(13)6-16-9/h1-4,6,15H,5H2. The van der Waals surface area contributed by atoms with Crippen molar-refractivity contribution in [3.8, 4) is 0 Å². The third kappa shape index (κ3) is 3.06. The van der Waals surface area contributed by atoms with Gasteiger partial charge >= 0.3 is 0 Å². The van der Waals surface area contributed by atoms with Crippen LogP contribution in [-0.2, 0) is 6.54 Å². The van der Waals surface area contributed by atoms with E-state index < -0.39 is 0 Å². The molecule has 0 spiro atoms. The monoisotopic (exact) mass is 363 g/mol. The molecule has 16 heavy (non-hydrogen) atoms. The smallest absolute Gasteiger partial charge is 0.146 e. The minimum atomic E-state index is -0.237. The molecule has 2 aromatic rings. The molecule has 0 bridgehead atoms. The summed E-state index contributed by atoms with van der Waals surface area (Å²) < 4.78 is 15.3. The minimum absolute atomic E-state index is 0.237. The van der Waals surface area contributed by atoms with Crippen molar-refractivity contribution in [2.75, 3.05) is 5.32 Å². The van der Waals surface area contributed by atoms with E-state index in [4.69, 9.17) is 0 Å². The highest BCUT2D eigenvalue weighted by Crippen LogP contribution is 2.23. The van der Waals surface area contributed by atoms with Crippen LogP contribution in [0.5, 0.6) is 0 Å². The van der Waals surface area contributed by atoms with Crippen LogP contribution < -0.4 is 5.32 Å². The van der Waals surface area contributed by atoms with Gasteiger partial charge in [-0.3, -0.25) is 0 Å². The molecule has 1 aromatic carbocycles. The molecule has 0 aliphatic rings. The third-order valence-electron chi connectivity index (χ3n) is 2.00. The number of benzene rings is 1. The molecule has 1 heterocycles. The summed E-state index contributed by atoms with van der Waals surface area (Å²) in [6.45, 7) is 0.629. The summed E-state index contributed by atoms with van der Waals surface area (Å²) >= 11 is 8.34. The van der Waals surface area contributed by atoms with Crippen molar-refractivity contribution in [3.05, 3.63) is 49.3 Å². The molecule has 0 aliphatic carbocycles. The summed E-state index contributed by atoms with van der Waals surface area (Å²) in [5, 5.41) is 5.08. The molecule has 5 heteroatoms. The Kier molecular flexibility index (Phi) is 4.00. The molecule has 0 aliphatic heterocycles. The van der Waals surface area contributed by atoms with E-state index in [1.807, 2.05) is 11.4 Å². The minimum Gasteiger partial charge on any atom is -0.378 e. The zero-order chi connectivity index (χ0) is 11.5. The summed E-state index contributed by atoms with van der Waals surface area (Å²) in [7, 11) is 0. The Labute approximate surface area is 114 Å². The second-order valence-electron chi connectivity index (χ2n) is 3.21. The Morgan fingerprint density at radius 1 is 1.19 bits per heavy atom. The molecular formula is C11H8Br2FNS. The van der Waals surface area contributed by atoms with Gasteiger partial charge in [-0.25, -0.2) is 4.39 Å². The summed E-state index contributed by atoms with van der Waals surface area (Å²) in [6.07, 6.45) is 0. The number of anilines is 1. The maximum absolute atomic E-state index is 13.4. The molecule has 1 N–H and O–H groups in total. The molecule has 1 nitrogen and oxygen atoms in total. The van der Waals surface area contributed by atoms with Gasteiger partial charge in [-0.15, -0.1) is 11.3 Å². The summed E-state index contributed by atoms with van der Waals surface area (Å²) in [6, 6.07) is 6.88. The van der Waals surface area contributed by atoms with Gasteiger partial charge in [0, 0.05) is 25.7 Å². The number of halogens is 3. The van der Waals surface area contributed by atoms with Crippen LogP contribution in [0.3, 0.4) is 0 Å². The lowest BCUT2D eigenvalue weighted by atomic mass is 10.3. The molecule has 0 saturated heterocycles. The van der Waals surface area contributed by atoms with Crippen molar-refractivity contribution in [1.82, 2.24) is 0 Å². The topological polar surface area (TPSA) is 12.0 Å². The average molecular weight is 365 g/mol. The van der Waals surface area contributed by atoms with Crippen LogP contribution in [0.1, 0.15) is 4.88 Å². The second-order valence-corrected chi connectivity index (χ2v) is 6.04. The first-order chi connectivity index (χ1) is 7.65. The lowest BCUT2D eigenvalue weighted by Crippen LogP contribution is -1.99. The van der Waals surface area contributed by atoms with E-state index >= 15 is 0 Å². The molecule has 0 radical (unpaired) electrons. The normalized spacial score (nSPS) is 10.4. The molecule has 0 saturated carbocycles. The van der Waals surface area contributed by atoms with Gasteiger partial charge in [0.25, 0.3) is 0 Å². The van der Waals surface area contributed by atoms with Crippen LogP contribution in [0.25, 0.3) is 0 Å². The second kappa shape index (κ2) is 5.29. The van der Waals surface area contributed by atoms with Gasteiger partial charge in [-0.1, -0.05) is 15.9 Å². The largest absolute Gasteiger partial charge is 0.378 e. The number of hydrogen-bond donors (Lipinski definition) is 1. The highest BCUT2D eigenvalue weighted by Gasteiger charge is 2.03. The van der Waals surface area contributed by atoms with E-state index in [0.29, 0.717) is 12.2 Å². The van der Waals surface area contributed by atoms with E-state index in [9.17, 15) is 4.39 Å². The van der Waals surface area contributed by atoms with Crippen LogP contribution in [0, 0.1) is 5.82 Å². The molecule has 0 atom stereocenters. The van der Waals surface area contributed by atoms with Crippen LogP contribution in [-0.4, -0.2) is 0 Å². The van der Waals surface area contributed by atoms with Crippen LogP contribution >= 0.6 is 43.2 Å². The summed E-state index contributed by atoms with van der Waals surface area (Å²) in [5.74, 6) is -0.237. The predicted octanol–water partition coefficient (Wildman–Crippen LogP) is 5.02. The zero-order valence-electron chi connectivity index (χ0n) is 8.14. The first-order valence-electron chi connectivity index (χ1n) is 4.57. The van der Waals surface area contributed by atoms with E-state index in [0.717, 1.165) is 13.8 Å². The third-order valence-corrected chi connectivity index (χ3v) is 4.19. The van der Waals surface area contributed by atoms with Gasteiger partial charge in [0.05, 0.1) is 5.69 Å². The molecular weight excluding hydrogens is 357 g/mol. The predicted molar refractivity (Wildman–Crippen MR) is 73.4 cm³/mol. The Morgan fingerprint density at radius 2 is 2.00 bits per heavy atom. The number of thiophene rings is 1.